The zero-order chi connectivity index (χ0) is 13.3. The lowest BCUT2D eigenvalue weighted by molar-refractivity contribution is 0.253. The number of hydrogen-bond acceptors (Lipinski definition) is 3. The van der Waals surface area contributed by atoms with E-state index in [9.17, 15) is 8.78 Å². The van der Waals surface area contributed by atoms with E-state index in [1.807, 2.05) is 11.9 Å². The zero-order valence-electron chi connectivity index (χ0n) is 10.8. The summed E-state index contributed by atoms with van der Waals surface area (Å²) in [5.41, 5.74) is 6.16. The van der Waals surface area contributed by atoms with E-state index in [2.05, 4.69) is 11.9 Å². The molecule has 0 saturated carbocycles. The summed E-state index contributed by atoms with van der Waals surface area (Å²) < 4.78 is 26.7. The first-order valence-electron chi connectivity index (χ1n) is 6.15. The number of halogens is 2. The predicted molar refractivity (Wildman–Crippen MR) is 69.7 cm³/mol. The Labute approximate surface area is 106 Å². The van der Waals surface area contributed by atoms with Gasteiger partial charge in [0, 0.05) is 19.2 Å². The maximum atomic E-state index is 13.4. The van der Waals surface area contributed by atoms with Crippen molar-refractivity contribution in [1.29, 1.82) is 0 Å². The topological polar surface area (TPSA) is 32.5 Å². The van der Waals surface area contributed by atoms with Crippen molar-refractivity contribution in [3.8, 4) is 0 Å². The lowest BCUT2D eigenvalue weighted by Crippen LogP contribution is -2.42. The number of anilines is 2. The minimum absolute atomic E-state index is 0.0258. The van der Waals surface area contributed by atoms with Gasteiger partial charge in [-0.2, -0.15) is 0 Å². The Morgan fingerprint density at radius 2 is 1.89 bits per heavy atom. The first-order valence-corrected chi connectivity index (χ1v) is 6.15. The molecule has 0 radical (unpaired) electrons. The second-order valence-corrected chi connectivity index (χ2v) is 4.97. The van der Waals surface area contributed by atoms with Crippen LogP contribution in [0.2, 0.25) is 0 Å². The Kier molecular flexibility index (Phi) is 3.71. The fourth-order valence-electron chi connectivity index (χ4n) is 2.44. The third-order valence-corrected chi connectivity index (χ3v) is 3.69. The molecule has 1 aliphatic rings. The smallest absolute Gasteiger partial charge is 0.151 e. The van der Waals surface area contributed by atoms with E-state index < -0.39 is 11.6 Å². The van der Waals surface area contributed by atoms with Crippen molar-refractivity contribution in [3.63, 3.8) is 0 Å². The average Bonchev–Trinajstić information content (AvgIpc) is 2.34. The van der Waals surface area contributed by atoms with Crippen LogP contribution in [0.5, 0.6) is 0 Å². The van der Waals surface area contributed by atoms with Crippen LogP contribution in [-0.4, -0.2) is 38.1 Å². The molecule has 1 saturated heterocycles. The summed E-state index contributed by atoms with van der Waals surface area (Å²) in [5, 5.41) is 0. The van der Waals surface area contributed by atoms with Crippen LogP contribution in [0.3, 0.4) is 0 Å². The molecule has 0 aliphatic carbocycles. The first kappa shape index (κ1) is 13.1. The van der Waals surface area contributed by atoms with Gasteiger partial charge in [0.1, 0.15) is 5.82 Å². The number of nitrogen functional groups attached to an aromatic ring is 1. The zero-order valence-corrected chi connectivity index (χ0v) is 10.8. The summed E-state index contributed by atoms with van der Waals surface area (Å²) in [6.45, 7) is 1.99. The molecule has 1 fully saturated rings. The van der Waals surface area contributed by atoms with Gasteiger partial charge in [0.2, 0.25) is 0 Å². The lowest BCUT2D eigenvalue weighted by Gasteiger charge is -2.36. The molecule has 18 heavy (non-hydrogen) atoms. The highest BCUT2D eigenvalue weighted by Gasteiger charge is 2.23. The molecule has 0 spiro atoms. The summed E-state index contributed by atoms with van der Waals surface area (Å²) >= 11 is 0. The van der Waals surface area contributed by atoms with Gasteiger partial charge in [0.05, 0.1) is 11.4 Å². The first-order chi connectivity index (χ1) is 8.49. The van der Waals surface area contributed by atoms with Gasteiger partial charge in [-0.25, -0.2) is 8.78 Å². The number of likely N-dealkylation sites (tertiary alicyclic amines) is 1. The molecular formula is C13H19F2N3. The van der Waals surface area contributed by atoms with E-state index in [0.29, 0.717) is 5.69 Å². The minimum Gasteiger partial charge on any atom is -0.395 e. The standard InChI is InChI=1S/C13H19F2N3/c1-17-5-3-10(4-6-17)18(2)12-8-9(14)7-11(15)13(12)16/h7-8,10H,3-6,16H2,1-2H3. The van der Waals surface area contributed by atoms with Crippen LogP contribution in [0.4, 0.5) is 20.2 Å². The van der Waals surface area contributed by atoms with Gasteiger partial charge in [-0.3, -0.25) is 0 Å². The third kappa shape index (κ3) is 2.56. The number of rotatable bonds is 2. The average molecular weight is 255 g/mol. The lowest BCUT2D eigenvalue weighted by atomic mass is 10.0. The highest BCUT2D eigenvalue weighted by atomic mass is 19.1. The van der Waals surface area contributed by atoms with Gasteiger partial charge >= 0.3 is 0 Å². The van der Waals surface area contributed by atoms with Gasteiger partial charge in [-0.1, -0.05) is 0 Å². The predicted octanol–water partition coefficient (Wildman–Crippen LogP) is 2.08. The molecular weight excluding hydrogens is 236 g/mol. The Balaban J connectivity index is 2.20. The van der Waals surface area contributed by atoms with Gasteiger partial charge in [0.15, 0.2) is 5.82 Å². The highest BCUT2D eigenvalue weighted by molar-refractivity contribution is 5.68. The van der Waals surface area contributed by atoms with E-state index in [0.717, 1.165) is 32.0 Å². The molecule has 0 aromatic heterocycles. The second-order valence-electron chi connectivity index (χ2n) is 4.97. The van der Waals surface area contributed by atoms with Crippen molar-refractivity contribution in [2.75, 3.05) is 37.8 Å². The Morgan fingerprint density at radius 3 is 2.50 bits per heavy atom. The molecule has 3 nitrogen and oxygen atoms in total. The fraction of sp³-hybridized carbons (Fsp3) is 0.538. The SMILES string of the molecule is CN1CCC(N(C)c2cc(F)cc(F)c2N)CC1. The Morgan fingerprint density at radius 1 is 1.28 bits per heavy atom. The molecule has 2 rings (SSSR count). The molecule has 2 N–H and O–H groups in total. The van der Waals surface area contributed by atoms with Gasteiger partial charge in [-0.05, 0) is 39.0 Å². The Bertz CT molecular complexity index is 428. The molecule has 0 amide bonds. The van der Waals surface area contributed by atoms with Crippen molar-refractivity contribution >= 4 is 11.4 Å². The van der Waals surface area contributed by atoms with E-state index in [4.69, 9.17) is 5.73 Å². The third-order valence-electron chi connectivity index (χ3n) is 3.69. The summed E-state index contributed by atoms with van der Waals surface area (Å²) in [4.78, 5) is 4.15. The van der Waals surface area contributed by atoms with Gasteiger partial charge in [0.25, 0.3) is 0 Å². The summed E-state index contributed by atoms with van der Waals surface area (Å²) in [6, 6.07) is 2.41. The monoisotopic (exact) mass is 255 g/mol. The van der Waals surface area contributed by atoms with E-state index in [-0.39, 0.29) is 11.7 Å². The van der Waals surface area contributed by atoms with Crippen LogP contribution in [0.15, 0.2) is 12.1 Å². The molecule has 5 heteroatoms. The summed E-state index contributed by atoms with van der Waals surface area (Å²) in [7, 11) is 3.92. The molecule has 100 valence electrons. The molecule has 1 aliphatic heterocycles. The second kappa shape index (κ2) is 5.10. The fourth-order valence-corrected chi connectivity index (χ4v) is 2.44. The van der Waals surface area contributed by atoms with Crippen molar-refractivity contribution in [1.82, 2.24) is 4.90 Å². The highest BCUT2D eigenvalue weighted by Crippen LogP contribution is 2.30. The number of piperidine rings is 1. The quantitative estimate of drug-likeness (QED) is 0.821. The van der Waals surface area contributed by atoms with Crippen molar-refractivity contribution < 1.29 is 8.78 Å². The number of benzene rings is 1. The number of hydrogen-bond donors (Lipinski definition) is 1. The van der Waals surface area contributed by atoms with E-state index in [1.54, 1.807) is 0 Å². The van der Waals surface area contributed by atoms with Crippen LogP contribution in [0.1, 0.15) is 12.8 Å². The molecule has 1 heterocycles. The largest absolute Gasteiger partial charge is 0.395 e. The van der Waals surface area contributed by atoms with Crippen LogP contribution in [0, 0.1) is 11.6 Å². The number of nitrogens with zero attached hydrogens (tertiary/aromatic N) is 2. The van der Waals surface area contributed by atoms with Crippen molar-refractivity contribution in [2.24, 2.45) is 0 Å². The van der Waals surface area contributed by atoms with Crippen LogP contribution >= 0.6 is 0 Å². The molecule has 0 atom stereocenters. The van der Waals surface area contributed by atoms with Crippen molar-refractivity contribution in [3.05, 3.63) is 23.8 Å². The molecule has 1 aromatic carbocycles. The molecule has 1 aromatic rings. The normalized spacial score (nSPS) is 18.0. The van der Waals surface area contributed by atoms with Gasteiger partial charge in [-0.15, -0.1) is 0 Å². The number of nitrogens with two attached hydrogens (primary N) is 1. The summed E-state index contributed by atoms with van der Waals surface area (Å²) in [6.07, 6.45) is 1.95. The van der Waals surface area contributed by atoms with Crippen molar-refractivity contribution in [2.45, 2.75) is 18.9 Å². The van der Waals surface area contributed by atoms with E-state index in [1.165, 1.54) is 6.07 Å². The van der Waals surface area contributed by atoms with Crippen LogP contribution < -0.4 is 10.6 Å². The summed E-state index contributed by atoms with van der Waals surface area (Å²) in [5.74, 6) is -1.28. The molecule has 0 unspecified atom stereocenters. The van der Waals surface area contributed by atoms with Gasteiger partial charge < -0.3 is 15.5 Å². The van der Waals surface area contributed by atoms with Crippen LogP contribution in [0.25, 0.3) is 0 Å². The Hall–Kier alpha value is -1.36. The minimum atomic E-state index is -0.690. The maximum Gasteiger partial charge on any atom is 0.151 e. The van der Waals surface area contributed by atoms with Crippen LogP contribution in [-0.2, 0) is 0 Å². The maximum absolute atomic E-state index is 13.4. The molecule has 0 bridgehead atoms. The van der Waals surface area contributed by atoms with E-state index >= 15 is 0 Å².